The van der Waals surface area contributed by atoms with E-state index in [2.05, 4.69) is 31.6 Å². The molecule has 0 rings (SSSR count). The Hall–Kier alpha value is -0.366. The smallest absolute Gasteiger partial charge is 0.370 e. The van der Waals surface area contributed by atoms with Crippen LogP contribution in [0.25, 0.3) is 0 Å². The van der Waals surface area contributed by atoms with Gasteiger partial charge in [0.25, 0.3) is 0 Å². The van der Waals surface area contributed by atoms with Gasteiger partial charge in [-0.2, -0.15) is 5.92 Å². The summed E-state index contributed by atoms with van der Waals surface area (Å²) in [5, 5.41) is 0. The second-order valence-corrected chi connectivity index (χ2v) is 4.70. The number of ketones is 1. The van der Waals surface area contributed by atoms with Gasteiger partial charge >= 0.3 is 32.7 Å². The summed E-state index contributed by atoms with van der Waals surface area (Å²) >= 11 is 0. The Morgan fingerprint density at radius 3 is 1.94 bits per heavy atom. The van der Waals surface area contributed by atoms with Crippen LogP contribution in [0.5, 0.6) is 0 Å². The van der Waals surface area contributed by atoms with Crippen molar-refractivity contribution in [1.82, 2.24) is 0 Å². The number of carbonyl (C=O) groups is 1. The first-order valence-corrected chi connectivity index (χ1v) is 5.92. The number of Topliss-reactive ketones (excluding diaryl/α,β-unsaturated/α-hetero) is 1. The Bertz CT molecular complexity index is 392. The predicted octanol–water partition coefficient (Wildman–Crippen LogP) is 3.11. The zero-order valence-electron chi connectivity index (χ0n) is 11.9. The van der Waals surface area contributed by atoms with E-state index in [-0.39, 0.29) is 55.9 Å². The molecule has 0 spiro atoms. The van der Waals surface area contributed by atoms with Crippen LogP contribution >= 0.6 is 0 Å². The van der Waals surface area contributed by atoms with Crippen LogP contribution in [0, 0.1) is 54.4 Å². The molecule has 0 aliphatic carbocycles. The minimum atomic E-state index is -0.178. The van der Waals surface area contributed by atoms with Crippen molar-refractivity contribution in [3.63, 3.8) is 0 Å². The van der Waals surface area contributed by atoms with Gasteiger partial charge in [0, 0.05) is 11.8 Å². The third-order valence-corrected chi connectivity index (χ3v) is 3.48. The molecule has 0 saturated carbocycles. The maximum absolute atomic E-state index is 10.9. The summed E-state index contributed by atoms with van der Waals surface area (Å²) in [5.41, 5.74) is 0.127. The van der Waals surface area contributed by atoms with Crippen molar-refractivity contribution >= 4 is 5.78 Å². The topological polar surface area (TPSA) is 17.1 Å². The van der Waals surface area contributed by atoms with Gasteiger partial charge in [-0.25, -0.2) is 12.5 Å². The van der Waals surface area contributed by atoms with Crippen molar-refractivity contribution in [3.05, 3.63) is 12.2 Å². The molecule has 0 amide bonds. The third kappa shape index (κ3) is 6.54. The van der Waals surface area contributed by atoms with Gasteiger partial charge in [-0.3, -0.25) is 0 Å². The maximum atomic E-state index is 10.9. The molecule has 0 aromatic heterocycles. The second-order valence-electron chi connectivity index (χ2n) is 4.70. The van der Waals surface area contributed by atoms with Crippen molar-refractivity contribution in [3.8, 4) is 24.2 Å². The molecule has 0 fully saturated rings. The first kappa shape index (κ1) is 20.0. The van der Waals surface area contributed by atoms with Crippen molar-refractivity contribution < 1.29 is 37.5 Å². The largest absolute Gasteiger partial charge is 3.00 e. The van der Waals surface area contributed by atoms with Crippen LogP contribution in [0.4, 0.5) is 0 Å². The van der Waals surface area contributed by atoms with E-state index in [4.69, 9.17) is 13.0 Å². The van der Waals surface area contributed by atoms with Crippen LogP contribution in [0.3, 0.4) is 0 Å². The summed E-state index contributed by atoms with van der Waals surface area (Å²) < 4.78 is 0. The van der Waals surface area contributed by atoms with E-state index in [9.17, 15) is 4.79 Å². The van der Waals surface area contributed by atoms with Crippen LogP contribution < -0.4 is 0 Å². The zero-order chi connectivity index (χ0) is 13.6. The molecule has 0 aliphatic heterocycles. The van der Waals surface area contributed by atoms with E-state index < -0.39 is 0 Å². The third-order valence-electron chi connectivity index (χ3n) is 3.48. The Morgan fingerprint density at radius 2 is 1.56 bits per heavy atom. The summed E-state index contributed by atoms with van der Waals surface area (Å²) in [6.45, 7) is 15.2. The van der Waals surface area contributed by atoms with E-state index in [0.717, 1.165) is 0 Å². The first-order chi connectivity index (χ1) is 7.81. The van der Waals surface area contributed by atoms with Crippen LogP contribution in [0.1, 0.15) is 34.6 Å². The molecule has 18 heavy (non-hydrogen) atoms. The number of terminal acetylenes is 1. The number of carbonyl (C=O) groups excluding carboxylic acids is 1. The fourth-order valence-electron chi connectivity index (χ4n) is 1.47. The van der Waals surface area contributed by atoms with Gasteiger partial charge in [-0.1, -0.05) is 27.7 Å². The summed E-state index contributed by atoms with van der Waals surface area (Å²) in [7, 11) is 0. The Balaban J connectivity index is 0. The molecule has 2 heteroatoms. The molecule has 0 radical (unpaired) electrons. The van der Waals surface area contributed by atoms with E-state index in [1.165, 1.54) is 6.92 Å². The van der Waals surface area contributed by atoms with E-state index in [0.29, 0.717) is 11.8 Å². The van der Waals surface area contributed by atoms with Gasteiger partial charge in [0.2, 0.25) is 0 Å². The average Bonchev–Trinajstić information content (AvgIpc) is 2.32. The van der Waals surface area contributed by atoms with Gasteiger partial charge in [-0.05, 0) is 18.8 Å². The van der Waals surface area contributed by atoms with Crippen molar-refractivity contribution in [2.24, 2.45) is 23.7 Å². The molecule has 0 N–H and O–H groups in total. The van der Waals surface area contributed by atoms with Crippen molar-refractivity contribution in [2.75, 3.05) is 0 Å². The molecule has 0 aromatic carbocycles. The SMILES string of the molecule is C#CC(C)C(C)C(C)C(C)C#CC(=[CH-])C(C)=O.[Y+3]. The zero-order valence-corrected chi connectivity index (χ0v) is 14.8. The first-order valence-electron chi connectivity index (χ1n) is 5.92. The van der Waals surface area contributed by atoms with Gasteiger partial charge in [-0.15, -0.1) is 17.9 Å². The Kier molecular flexibility index (Phi) is 10.6. The van der Waals surface area contributed by atoms with E-state index in [1.807, 2.05) is 13.8 Å². The van der Waals surface area contributed by atoms with Crippen LogP contribution in [0.2, 0.25) is 0 Å². The summed E-state index contributed by atoms with van der Waals surface area (Å²) in [4.78, 5) is 10.9. The number of hydrogen-bond donors (Lipinski definition) is 0. The van der Waals surface area contributed by atoms with Gasteiger partial charge in [0.15, 0.2) is 0 Å². The Morgan fingerprint density at radius 1 is 1.11 bits per heavy atom. The normalized spacial score (nSPS) is 15.8. The molecule has 92 valence electrons. The fraction of sp³-hybridized carbons (Fsp3) is 0.562. The minimum absolute atomic E-state index is 0. The molecule has 0 saturated heterocycles. The summed E-state index contributed by atoms with van der Waals surface area (Å²) in [6.07, 6.45) is 5.42. The van der Waals surface area contributed by atoms with E-state index >= 15 is 0 Å². The monoisotopic (exact) mass is 318 g/mol. The van der Waals surface area contributed by atoms with Crippen LogP contribution in [-0.2, 0) is 37.5 Å². The average molecular weight is 318 g/mol. The van der Waals surface area contributed by atoms with Crippen molar-refractivity contribution in [1.29, 1.82) is 0 Å². The fourth-order valence-corrected chi connectivity index (χ4v) is 1.47. The molecule has 0 bridgehead atoms. The van der Waals surface area contributed by atoms with Crippen molar-refractivity contribution in [2.45, 2.75) is 34.6 Å². The number of allylic oxidation sites excluding steroid dienone is 1. The van der Waals surface area contributed by atoms with E-state index in [1.54, 1.807) is 0 Å². The van der Waals surface area contributed by atoms with Crippen LogP contribution in [-0.4, -0.2) is 5.78 Å². The second kappa shape index (κ2) is 9.55. The molecule has 4 atom stereocenters. The summed E-state index contributed by atoms with van der Waals surface area (Å²) in [6, 6.07) is 0. The molecular weight excluding hydrogens is 297 g/mol. The van der Waals surface area contributed by atoms with Gasteiger partial charge in [0.05, 0.1) is 5.78 Å². The quantitative estimate of drug-likeness (QED) is 0.442. The molecule has 0 heterocycles. The van der Waals surface area contributed by atoms with Gasteiger partial charge < -0.3 is 4.79 Å². The molecule has 0 aliphatic rings. The Labute approximate surface area is 137 Å². The summed E-state index contributed by atoms with van der Waals surface area (Å²) in [5.74, 6) is 9.46. The minimum Gasteiger partial charge on any atom is -0.370 e. The van der Waals surface area contributed by atoms with Crippen LogP contribution in [0.15, 0.2) is 5.57 Å². The molecular formula is C16H21OY+2. The molecule has 4 unspecified atom stereocenters. The number of rotatable bonds is 4. The number of hydrogen-bond acceptors (Lipinski definition) is 1. The van der Waals surface area contributed by atoms with Gasteiger partial charge in [0.1, 0.15) is 0 Å². The molecule has 1 nitrogen and oxygen atoms in total. The predicted molar refractivity (Wildman–Crippen MR) is 71.8 cm³/mol. The molecule has 0 aromatic rings. The standard InChI is InChI=1S/C16H21O.Y/c1-8-11(2)14(5)15(6)12(3)9-10-13(4)16(7)17;/h1,4,11-12,14-15H,2-3,5-7H3;/q-1;+3. The maximum Gasteiger partial charge on any atom is 3.00 e.